The lowest BCUT2D eigenvalue weighted by Gasteiger charge is -2.31. The van der Waals surface area contributed by atoms with Crippen molar-refractivity contribution in [3.8, 4) is 0 Å². The molecule has 3 rings (SSSR count). The summed E-state index contributed by atoms with van der Waals surface area (Å²) in [7, 11) is 2.11. The summed E-state index contributed by atoms with van der Waals surface area (Å²) in [4.78, 5) is 8.77. The number of nitrogens with one attached hydrogen (secondary N) is 1. The Bertz CT molecular complexity index is 422. The van der Waals surface area contributed by atoms with Gasteiger partial charge in [-0.05, 0) is 31.6 Å². The summed E-state index contributed by atoms with van der Waals surface area (Å²) < 4.78 is 5.28. The highest BCUT2D eigenvalue weighted by Crippen LogP contribution is 2.28. The van der Waals surface area contributed by atoms with Crippen LogP contribution < -0.4 is 10.2 Å². The molecule has 0 aromatic carbocycles. The molecule has 106 valence electrons. The van der Waals surface area contributed by atoms with Crippen LogP contribution in [-0.4, -0.2) is 66.5 Å². The van der Waals surface area contributed by atoms with E-state index in [4.69, 9.17) is 4.52 Å². The molecule has 0 aliphatic carbocycles. The molecule has 7 nitrogen and oxygen atoms in total. The second-order valence-electron chi connectivity index (χ2n) is 5.50. The van der Waals surface area contributed by atoms with E-state index >= 15 is 0 Å². The number of β-amino-alcohol motifs (C(OH)–C–C–N with tert-alkyl or cyclic N) is 1. The molecule has 0 saturated carbocycles. The molecule has 7 heteroatoms. The number of nitrogens with zero attached hydrogens (tertiary/aromatic N) is 4. The van der Waals surface area contributed by atoms with Gasteiger partial charge in [0, 0.05) is 32.7 Å². The minimum absolute atomic E-state index is 0.341. The molecular formula is C12H21N5O2. The van der Waals surface area contributed by atoms with E-state index < -0.39 is 5.60 Å². The minimum atomic E-state index is -1.00. The van der Waals surface area contributed by atoms with E-state index in [1.165, 1.54) is 0 Å². The van der Waals surface area contributed by atoms with Crippen molar-refractivity contribution in [2.24, 2.45) is 0 Å². The Labute approximate surface area is 112 Å². The molecule has 0 spiro atoms. The first-order chi connectivity index (χ1) is 9.17. The van der Waals surface area contributed by atoms with Crippen LogP contribution in [-0.2, 0) is 5.60 Å². The van der Waals surface area contributed by atoms with E-state index in [-0.39, 0.29) is 0 Å². The fourth-order valence-electron chi connectivity index (χ4n) is 2.61. The number of rotatable bonds is 2. The van der Waals surface area contributed by atoms with Crippen molar-refractivity contribution in [1.29, 1.82) is 0 Å². The fourth-order valence-corrected chi connectivity index (χ4v) is 2.61. The first-order valence-electron chi connectivity index (χ1n) is 6.88. The largest absolute Gasteiger partial charge is 0.379 e. The average Bonchev–Trinajstić information content (AvgIpc) is 2.91. The topological polar surface area (TPSA) is 77.7 Å². The summed E-state index contributed by atoms with van der Waals surface area (Å²) in [6.45, 7) is 5.20. The maximum absolute atomic E-state index is 10.5. The van der Waals surface area contributed by atoms with Gasteiger partial charge in [-0.15, -0.1) is 0 Å². The third kappa shape index (κ3) is 2.58. The third-order valence-corrected chi connectivity index (χ3v) is 3.96. The van der Waals surface area contributed by atoms with Gasteiger partial charge >= 0.3 is 0 Å². The number of aromatic nitrogens is 2. The number of hydrogen-bond donors (Lipinski definition) is 2. The number of likely N-dealkylation sites (N-methyl/N-ethyl adjacent to an activating group) is 1. The van der Waals surface area contributed by atoms with E-state index in [2.05, 4.69) is 32.3 Å². The van der Waals surface area contributed by atoms with Gasteiger partial charge in [-0.25, -0.2) is 0 Å². The van der Waals surface area contributed by atoms with Crippen LogP contribution in [0.3, 0.4) is 0 Å². The molecule has 2 saturated heterocycles. The van der Waals surface area contributed by atoms with E-state index in [1.807, 2.05) is 0 Å². The molecular weight excluding hydrogens is 246 g/mol. The molecule has 2 aliphatic heterocycles. The van der Waals surface area contributed by atoms with Crippen molar-refractivity contribution in [1.82, 2.24) is 20.4 Å². The van der Waals surface area contributed by atoms with Crippen LogP contribution in [0.1, 0.15) is 18.7 Å². The SMILES string of the molecule is CN1CCN(c2noc(C3(O)CCCNC3)n2)CC1. The molecule has 0 bridgehead atoms. The molecule has 19 heavy (non-hydrogen) atoms. The van der Waals surface area contributed by atoms with Gasteiger partial charge in [0.1, 0.15) is 0 Å². The number of anilines is 1. The van der Waals surface area contributed by atoms with Gasteiger partial charge in [-0.2, -0.15) is 4.98 Å². The van der Waals surface area contributed by atoms with Crippen LogP contribution in [0, 0.1) is 0 Å². The Balaban J connectivity index is 1.72. The van der Waals surface area contributed by atoms with Gasteiger partial charge in [0.05, 0.1) is 0 Å². The van der Waals surface area contributed by atoms with Crippen LogP contribution in [0.4, 0.5) is 5.95 Å². The lowest BCUT2D eigenvalue weighted by Crippen LogP contribution is -2.45. The average molecular weight is 267 g/mol. The van der Waals surface area contributed by atoms with Crippen LogP contribution >= 0.6 is 0 Å². The van der Waals surface area contributed by atoms with Crippen molar-refractivity contribution in [3.63, 3.8) is 0 Å². The van der Waals surface area contributed by atoms with Crippen molar-refractivity contribution >= 4 is 5.95 Å². The standard InChI is InChI=1S/C12H21N5O2/c1-16-5-7-17(8-6-16)11-14-10(19-15-11)12(18)3-2-4-13-9-12/h13,18H,2-9H2,1H3. The van der Waals surface area contributed by atoms with Crippen molar-refractivity contribution in [3.05, 3.63) is 5.89 Å². The van der Waals surface area contributed by atoms with E-state index in [1.54, 1.807) is 0 Å². The Morgan fingerprint density at radius 1 is 1.32 bits per heavy atom. The van der Waals surface area contributed by atoms with E-state index in [9.17, 15) is 5.11 Å². The number of piperidine rings is 1. The lowest BCUT2D eigenvalue weighted by molar-refractivity contribution is -0.0167. The number of aliphatic hydroxyl groups is 1. The second kappa shape index (κ2) is 5.07. The summed E-state index contributed by atoms with van der Waals surface area (Å²) in [5.74, 6) is 0.940. The summed E-state index contributed by atoms with van der Waals surface area (Å²) in [5.41, 5.74) is -1.00. The molecule has 3 heterocycles. The predicted octanol–water partition coefficient (Wildman–Crippen LogP) is -0.608. The van der Waals surface area contributed by atoms with Crippen LogP contribution in [0.5, 0.6) is 0 Å². The van der Waals surface area contributed by atoms with Gasteiger partial charge < -0.3 is 24.7 Å². The summed E-state index contributed by atoms with van der Waals surface area (Å²) in [6, 6.07) is 0. The fraction of sp³-hybridized carbons (Fsp3) is 0.833. The van der Waals surface area contributed by atoms with Crippen molar-refractivity contribution < 1.29 is 9.63 Å². The highest BCUT2D eigenvalue weighted by atomic mass is 16.5. The number of piperazine rings is 1. The zero-order chi connectivity index (χ0) is 13.3. The van der Waals surface area contributed by atoms with E-state index in [0.29, 0.717) is 24.8 Å². The molecule has 0 radical (unpaired) electrons. The maximum atomic E-state index is 10.5. The zero-order valence-electron chi connectivity index (χ0n) is 11.3. The Hall–Kier alpha value is -1.18. The quantitative estimate of drug-likeness (QED) is 0.740. The Kier molecular flexibility index (Phi) is 3.42. The molecule has 2 fully saturated rings. The van der Waals surface area contributed by atoms with Crippen molar-refractivity contribution in [2.45, 2.75) is 18.4 Å². The predicted molar refractivity (Wildman–Crippen MR) is 70.0 cm³/mol. The summed E-state index contributed by atoms with van der Waals surface area (Å²) >= 11 is 0. The Morgan fingerprint density at radius 3 is 2.79 bits per heavy atom. The zero-order valence-corrected chi connectivity index (χ0v) is 11.3. The monoisotopic (exact) mass is 267 g/mol. The highest BCUT2D eigenvalue weighted by molar-refractivity contribution is 5.29. The summed E-state index contributed by atoms with van der Waals surface area (Å²) in [6.07, 6.45) is 1.59. The smallest absolute Gasteiger partial charge is 0.266 e. The van der Waals surface area contributed by atoms with Gasteiger partial charge in [0.15, 0.2) is 5.60 Å². The minimum Gasteiger partial charge on any atom is -0.379 e. The lowest BCUT2D eigenvalue weighted by atomic mass is 9.94. The second-order valence-corrected chi connectivity index (χ2v) is 5.50. The van der Waals surface area contributed by atoms with Crippen LogP contribution in [0.15, 0.2) is 4.52 Å². The van der Waals surface area contributed by atoms with Crippen LogP contribution in [0.2, 0.25) is 0 Å². The molecule has 1 unspecified atom stereocenters. The normalized spacial score (nSPS) is 29.7. The molecule has 1 aromatic rings. The molecule has 2 aliphatic rings. The molecule has 2 N–H and O–H groups in total. The molecule has 1 aromatic heterocycles. The summed E-state index contributed by atoms with van der Waals surface area (Å²) in [5, 5.41) is 17.7. The third-order valence-electron chi connectivity index (χ3n) is 3.96. The van der Waals surface area contributed by atoms with Crippen LogP contribution in [0.25, 0.3) is 0 Å². The highest BCUT2D eigenvalue weighted by Gasteiger charge is 2.37. The van der Waals surface area contributed by atoms with E-state index in [0.717, 1.165) is 39.1 Å². The van der Waals surface area contributed by atoms with Crippen molar-refractivity contribution in [2.75, 3.05) is 51.2 Å². The Morgan fingerprint density at radius 2 is 2.11 bits per heavy atom. The number of hydrogen-bond acceptors (Lipinski definition) is 7. The maximum Gasteiger partial charge on any atom is 0.266 e. The van der Waals surface area contributed by atoms with Gasteiger partial charge in [-0.1, -0.05) is 0 Å². The first-order valence-corrected chi connectivity index (χ1v) is 6.88. The van der Waals surface area contributed by atoms with Gasteiger partial charge in [-0.3, -0.25) is 0 Å². The first kappa shape index (κ1) is 12.8. The molecule has 1 atom stereocenters. The van der Waals surface area contributed by atoms with Gasteiger partial charge in [0.2, 0.25) is 0 Å². The molecule has 0 amide bonds. The van der Waals surface area contributed by atoms with Gasteiger partial charge in [0.25, 0.3) is 11.8 Å².